The molecule has 3 aliphatic heterocycles. The maximum Gasteiger partial charge on any atom is 0.320 e. The minimum atomic E-state index is -0.439. The molecule has 0 radical (unpaired) electrons. The van der Waals surface area contributed by atoms with Crippen molar-refractivity contribution in [2.75, 3.05) is 39.4 Å². The van der Waals surface area contributed by atoms with Crippen LogP contribution in [0.2, 0.25) is 0 Å². The number of hydrogen-bond donors (Lipinski definition) is 0. The molecule has 25 heavy (non-hydrogen) atoms. The van der Waals surface area contributed by atoms with Crippen molar-refractivity contribution in [3.05, 3.63) is 24.1 Å². The fourth-order valence-corrected chi connectivity index (χ4v) is 4.16. The summed E-state index contributed by atoms with van der Waals surface area (Å²) in [7, 11) is 0. The van der Waals surface area contributed by atoms with Gasteiger partial charge >= 0.3 is 6.03 Å². The second-order valence-corrected chi connectivity index (χ2v) is 7.16. The first-order valence-corrected chi connectivity index (χ1v) is 9.09. The van der Waals surface area contributed by atoms with E-state index in [1.165, 1.54) is 12.3 Å². The molecule has 1 atom stereocenters. The molecule has 3 aliphatic rings. The van der Waals surface area contributed by atoms with E-state index in [0.29, 0.717) is 32.2 Å². The van der Waals surface area contributed by atoms with Crippen molar-refractivity contribution in [3.8, 4) is 5.88 Å². The molecular formula is C18H24FN3O3. The summed E-state index contributed by atoms with van der Waals surface area (Å²) in [6, 6.07) is 3.03. The van der Waals surface area contributed by atoms with Crippen LogP contribution in [0.3, 0.4) is 0 Å². The SMILES string of the molecule is O=C(N1CCCC1)N1CC2(C1)OCCC2CCOc1ncccc1F. The van der Waals surface area contributed by atoms with E-state index in [-0.39, 0.29) is 17.5 Å². The molecule has 4 heterocycles. The van der Waals surface area contributed by atoms with E-state index in [1.807, 2.05) is 9.80 Å². The summed E-state index contributed by atoms with van der Waals surface area (Å²) in [5, 5.41) is 0. The van der Waals surface area contributed by atoms with E-state index >= 15 is 0 Å². The fourth-order valence-electron chi connectivity index (χ4n) is 4.16. The lowest BCUT2D eigenvalue weighted by Crippen LogP contribution is -2.67. The summed E-state index contributed by atoms with van der Waals surface area (Å²) >= 11 is 0. The van der Waals surface area contributed by atoms with Crippen LogP contribution in [0, 0.1) is 11.7 Å². The number of hydrogen-bond acceptors (Lipinski definition) is 4. The third-order valence-electron chi connectivity index (χ3n) is 5.59. The zero-order valence-corrected chi connectivity index (χ0v) is 14.3. The van der Waals surface area contributed by atoms with Crippen LogP contribution in [0.5, 0.6) is 5.88 Å². The van der Waals surface area contributed by atoms with Crippen molar-refractivity contribution in [1.29, 1.82) is 0 Å². The molecule has 7 heteroatoms. The number of pyridine rings is 1. The van der Waals surface area contributed by atoms with Crippen molar-refractivity contribution >= 4 is 6.03 Å². The highest BCUT2D eigenvalue weighted by atomic mass is 19.1. The largest absolute Gasteiger partial charge is 0.476 e. The van der Waals surface area contributed by atoms with Gasteiger partial charge in [0.1, 0.15) is 5.60 Å². The van der Waals surface area contributed by atoms with Crippen LogP contribution in [0.1, 0.15) is 25.7 Å². The van der Waals surface area contributed by atoms with Crippen LogP contribution in [0.15, 0.2) is 18.3 Å². The number of nitrogens with zero attached hydrogens (tertiary/aromatic N) is 3. The Hall–Kier alpha value is -1.89. The molecule has 0 bridgehead atoms. The Morgan fingerprint density at radius 1 is 1.36 bits per heavy atom. The standard InChI is InChI=1S/C18H24FN3O3/c19-15-4-3-7-20-16(15)24-10-5-14-6-11-25-18(14)12-22(13-18)17(23)21-8-1-2-9-21/h3-4,7,14H,1-2,5-6,8-13H2. The van der Waals surface area contributed by atoms with Crippen molar-refractivity contribution in [1.82, 2.24) is 14.8 Å². The number of halogens is 1. The van der Waals surface area contributed by atoms with Crippen molar-refractivity contribution in [3.63, 3.8) is 0 Å². The van der Waals surface area contributed by atoms with E-state index in [0.717, 1.165) is 38.8 Å². The van der Waals surface area contributed by atoms with Crippen LogP contribution >= 0.6 is 0 Å². The number of aromatic nitrogens is 1. The van der Waals surface area contributed by atoms with Gasteiger partial charge in [0.05, 0.1) is 19.7 Å². The Morgan fingerprint density at radius 3 is 2.92 bits per heavy atom. The lowest BCUT2D eigenvalue weighted by atomic mass is 9.79. The van der Waals surface area contributed by atoms with Crippen molar-refractivity contribution in [2.45, 2.75) is 31.3 Å². The topological polar surface area (TPSA) is 54.9 Å². The third kappa shape index (κ3) is 3.17. The second-order valence-electron chi connectivity index (χ2n) is 7.16. The monoisotopic (exact) mass is 349 g/mol. The van der Waals surface area contributed by atoms with Gasteiger partial charge in [-0.2, -0.15) is 0 Å². The summed E-state index contributed by atoms with van der Waals surface area (Å²) in [5.41, 5.74) is -0.235. The Kier molecular flexibility index (Phi) is 4.50. The average molecular weight is 349 g/mol. The second kappa shape index (κ2) is 6.78. The van der Waals surface area contributed by atoms with Gasteiger partial charge in [-0.15, -0.1) is 0 Å². The molecule has 3 fully saturated rings. The molecular weight excluding hydrogens is 325 g/mol. The smallest absolute Gasteiger partial charge is 0.320 e. The number of ether oxygens (including phenoxy) is 2. The Labute approximate surface area is 146 Å². The normalized spacial score (nSPS) is 24.6. The molecule has 1 spiro atoms. The predicted molar refractivity (Wildman–Crippen MR) is 88.9 cm³/mol. The molecule has 4 rings (SSSR count). The zero-order valence-electron chi connectivity index (χ0n) is 14.3. The van der Waals surface area contributed by atoms with Gasteiger partial charge in [0, 0.05) is 25.9 Å². The van der Waals surface area contributed by atoms with Gasteiger partial charge in [0.25, 0.3) is 0 Å². The predicted octanol–water partition coefficient (Wildman–Crippen LogP) is 2.30. The van der Waals surface area contributed by atoms with Crippen LogP contribution in [-0.4, -0.2) is 65.8 Å². The molecule has 0 N–H and O–H groups in total. The molecule has 2 amide bonds. The molecule has 1 aromatic rings. The number of likely N-dealkylation sites (tertiary alicyclic amines) is 2. The Bertz CT molecular complexity index is 630. The van der Waals surface area contributed by atoms with Gasteiger partial charge in [-0.05, 0) is 43.7 Å². The molecule has 1 unspecified atom stereocenters. The highest BCUT2D eigenvalue weighted by Crippen LogP contribution is 2.42. The van der Waals surface area contributed by atoms with E-state index in [9.17, 15) is 9.18 Å². The molecule has 6 nitrogen and oxygen atoms in total. The van der Waals surface area contributed by atoms with Crippen molar-refractivity contribution < 1.29 is 18.7 Å². The van der Waals surface area contributed by atoms with Crippen LogP contribution in [-0.2, 0) is 4.74 Å². The summed E-state index contributed by atoms with van der Waals surface area (Å²) in [5.74, 6) is -0.0530. The first kappa shape index (κ1) is 16.6. The maximum absolute atomic E-state index is 13.5. The number of carbonyl (C=O) groups excluding carboxylic acids is 1. The van der Waals surface area contributed by atoms with Gasteiger partial charge < -0.3 is 19.3 Å². The molecule has 0 aromatic carbocycles. The van der Waals surface area contributed by atoms with Crippen molar-refractivity contribution in [2.24, 2.45) is 5.92 Å². The summed E-state index contributed by atoms with van der Waals surface area (Å²) in [6.07, 6.45) is 5.46. The van der Waals surface area contributed by atoms with Crippen LogP contribution in [0.4, 0.5) is 9.18 Å². The third-order valence-corrected chi connectivity index (χ3v) is 5.59. The lowest BCUT2D eigenvalue weighted by Gasteiger charge is -2.51. The Balaban J connectivity index is 1.28. The van der Waals surface area contributed by atoms with E-state index in [1.54, 1.807) is 6.07 Å². The number of carbonyl (C=O) groups is 1. The fraction of sp³-hybridized carbons (Fsp3) is 0.667. The minimum absolute atomic E-state index is 0.0508. The lowest BCUT2D eigenvalue weighted by molar-refractivity contribution is -0.119. The van der Waals surface area contributed by atoms with Crippen LogP contribution in [0.25, 0.3) is 0 Å². The van der Waals surface area contributed by atoms with E-state index in [4.69, 9.17) is 9.47 Å². The first-order valence-electron chi connectivity index (χ1n) is 9.09. The molecule has 1 aromatic heterocycles. The molecule has 3 saturated heterocycles. The maximum atomic E-state index is 13.5. The summed E-state index contributed by atoms with van der Waals surface area (Å²) < 4.78 is 25.0. The zero-order chi connectivity index (χ0) is 17.3. The van der Waals surface area contributed by atoms with Gasteiger partial charge in [-0.3, -0.25) is 0 Å². The van der Waals surface area contributed by atoms with Gasteiger partial charge in [-0.25, -0.2) is 14.2 Å². The molecule has 0 saturated carbocycles. The number of amides is 2. The Morgan fingerprint density at radius 2 is 2.16 bits per heavy atom. The van der Waals surface area contributed by atoms with Gasteiger partial charge in [-0.1, -0.05) is 0 Å². The van der Waals surface area contributed by atoms with E-state index in [2.05, 4.69) is 4.98 Å². The van der Waals surface area contributed by atoms with Crippen LogP contribution < -0.4 is 4.74 Å². The first-order chi connectivity index (χ1) is 12.2. The number of urea groups is 1. The number of rotatable bonds is 4. The molecule has 136 valence electrons. The molecule has 0 aliphatic carbocycles. The average Bonchev–Trinajstić information content (AvgIpc) is 3.24. The quantitative estimate of drug-likeness (QED) is 0.837. The summed E-state index contributed by atoms with van der Waals surface area (Å²) in [4.78, 5) is 20.2. The van der Waals surface area contributed by atoms with Gasteiger partial charge in [0.2, 0.25) is 5.88 Å². The highest BCUT2D eigenvalue weighted by molar-refractivity contribution is 5.76. The highest BCUT2D eigenvalue weighted by Gasteiger charge is 2.54. The minimum Gasteiger partial charge on any atom is -0.476 e. The summed E-state index contributed by atoms with van der Waals surface area (Å²) in [6.45, 7) is 4.18. The van der Waals surface area contributed by atoms with Gasteiger partial charge in [0.15, 0.2) is 5.82 Å². The van der Waals surface area contributed by atoms with E-state index < -0.39 is 5.82 Å².